The fraction of sp³-hybridized carbons (Fsp3) is 0.444. The van der Waals surface area contributed by atoms with E-state index in [1.807, 2.05) is 20.8 Å². The Labute approximate surface area is 231 Å². The third-order valence-electron chi connectivity index (χ3n) is 6.60. The van der Waals surface area contributed by atoms with Crippen molar-refractivity contribution in [1.29, 1.82) is 0 Å². The topological polar surface area (TPSA) is 144 Å². The molecule has 2 aromatic heterocycles. The van der Waals surface area contributed by atoms with Crippen molar-refractivity contribution >= 4 is 29.4 Å². The van der Waals surface area contributed by atoms with Crippen LogP contribution < -0.4 is 20.3 Å². The minimum atomic E-state index is -0.695. The first kappa shape index (κ1) is 27.3. The van der Waals surface area contributed by atoms with E-state index < -0.39 is 11.6 Å². The highest BCUT2D eigenvalue weighted by atomic mass is 16.5. The van der Waals surface area contributed by atoms with Gasteiger partial charge >= 0.3 is 6.03 Å². The highest BCUT2D eigenvalue weighted by Gasteiger charge is 2.38. The Bertz CT molecular complexity index is 1350. The molecule has 3 aromatic rings. The number of anilines is 3. The number of ether oxygens (including phenoxy) is 3. The van der Waals surface area contributed by atoms with E-state index in [0.717, 1.165) is 0 Å². The van der Waals surface area contributed by atoms with Crippen molar-refractivity contribution in [3.63, 3.8) is 0 Å². The van der Waals surface area contributed by atoms with E-state index in [9.17, 15) is 9.59 Å². The zero-order valence-corrected chi connectivity index (χ0v) is 23.0. The zero-order chi connectivity index (χ0) is 28.3. The van der Waals surface area contributed by atoms with Crippen LogP contribution in [0.2, 0.25) is 0 Å². The molecule has 212 valence electrons. The maximum Gasteiger partial charge on any atom is 0.324 e. The molecule has 1 saturated heterocycles. The first-order valence-corrected chi connectivity index (χ1v) is 13.1. The van der Waals surface area contributed by atoms with E-state index in [0.29, 0.717) is 68.2 Å². The number of hydrogen-bond acceptors (Lipinski definition) is 10. The Hall–Kier alpha value is -4.23. The number of aromatic nitrogens is 3. The number of nitrogens with one attached hydrogen (secondary N) is 2. The van der Waals surface area contributed by atoms with Gasteiger partial charge in [-0.2, -0.15) is 4.98 Å². The van der Waals surface area contributed by atoms with E-state index in [2.05, 4.69) is 20.7 Å². The summed E-state index contributed by atoms with van der Waals surface area (Å²) in [6.45, 7) is 8.74. The molecule has 4 heterocycles. The van der Waals surface area contributed by atoms with Crippen molar-refractivity contribution in [2.24, 2.45) is 0 Å². The maximum absolute atomic E-state index is 13.9. The molecule has 1 unspecified atom stereocenters. The van der Waals surface area contributed by atoms with Crippen LogP contribution in [0.3, 0.4) is 0 Å². The number of amides is 3. The lowest BCUT2D eigenvalue weighted by Gasteiger charge is -2.34. The number of nitrogens with zero attached hydrogens (tertiary/aromatic N) is 5. The van der Waals surface area contributed by atoms with Crippen LogP contribution in [-0.4, -0.2) is 90.2 Å². The molecule has 5 rings (SSSR count). The standard InChI is InChI=1S/C27H33N7O6/c1-17-15-38-14-11-34(17)25-30-22(18-5-7-19(8-6-18)28-26(36)29-20-9-12-39-32-20)21-23(31-25)40-27(2,3)16-33(24(21)35)10-13-37-4/h5-9,12,17H,10-11,13-16H2,1-4H3,(H2,28,29,32,36). The van der Waals surface area contributed by atoms with Gasteiger partial charge in [-0.25, -0.2) is 9.78 Å². The Morgan fingerprint density at radius 2 is 1.98 bits per heavy atom. The molecule has 2 aliphatic heterocycles. The molecule has 3 amide bonds. The lowest BCUT2D eigenvalue weighted by molar-refractivity contribution is 0.0448. The molecule has 13 nitrogen and oxygen atoms in total. The van der Waals surface area contributed by atoms with Crippen LogP contribution in [-0.2, 0) is 9.47 Å². The average Bonchev–Trinajstić information content (AvgIpc) is 3.40. The predicted molar refractivity (Wildman–Crippen MR) is 147 cm³/mol. The monoisotopic (exact) mass is 551 g/mol. The van der Waals surface area contributed by atoms with Gasteiger partial charge in [-0.05, 0) is 32.9 Å². The molecule has 13 heteroatoms. The van der Waals surface area contributed by atoms with Gasteiger partial charge in [-0.15, -0.1) is 0 Å². The number of benzene rings is 1. The van der Waals surface area contributed by atoms with E-state index in [1.54, 1.807) is 36.3 Å². The van der Waals surface area contributed by atoms with Gasteiger partial charge in [-0.3, -0.25) is 10.1 Å². The van der Waals surface area contributed by atoms with E-state index in [4.69, 9.17) is 28.7 Å². The summed E-state index contributed by atoms with van der Waals surface area (Å²) in [6.07, 6.45) is 1.36. The van der Waals surface area contributed by atoms with Gasteiger partial charge in [0, 0.05) is 37.5 Å². The second-order valence-corrected chi connectivity index (χ2v) is 10.3. The summed E-state index contributed by atoms with van der Waals surface area (Å²) in [5.74, 6) is 0.765. The highest BCUT2D eigenvalue weighted by Crippen LogP contribution is 2.36. The second-order valence-electron chi connectivity index (χ2n) is 10.3. The Morgan fingerprint density at radius 3 is 2.67 bits per heavy atom. The van der Waals surface area contributed by atoms with Crippen LogP contribution in [0.25, 0.3) is 11.3 Å². The van der Waals surface area contributed by atoms with Crippen LogP contribution in [0.4, 0.5) is 22.2 Å². The van der Waals surface area contributed by atoms with Gasteiger partial charge in [0.2, 0.25) is 11.8 Å². The van der Waals surface area contributed by atoms with Crippen LogP contribution in [0.1, 0.15) is 31.1 Å². The smallest absolute Gasteiger partial charge is 0.324 e. The molecular weight excluding hydrogens is 518 g/mol. The summed E-state index contributed by atoms with van der Waals surface area (Å²) in [5.41, 5.74) is 1.25. The van der Waals surface area contributed by atoms with E-state index in [-0.39, 0.29) is 23.4 Å². The van der Waals surface area contributed by atoms with Crippen molar-refractivity contribution in [1.82, 2.24) is 20.0 Å². The molecule has 2 aliphatic rings. The summed E-state index contributed by atoms with van der Waals surface area (Å²) in [4.78, 5) is 39.7. The van der Waals surface area contributed by atoms with Crippen LogP contribution in [0, 0.1) is 0 Å². The van der Waals surface area contributed by atoms with Crippen LogP contribution in [0.5, 0.6) is 5.88 Å². The number of hydrogen-bond donors (Lipinski definition) is 2. The van der Waals surface area contributed by atoms with Gasteiger partial charge in [0.1, 0.15) is 17.4 Å². The number of methoxy groups -OCH3 is 1. The van der Waals surface area contributed by atoms with Gasteiger partial charge in [0.05, 0.1) is 38.1 Å². The molecule has 1 aromatic carbocycles. The number of urea groups is 1. The van der Waals surface area contributed by atoms with Crippen molar-refractivity contribution in [2.75, 3.05) is 62.1 Å². The minimum absolute atomic E-state index is 0.0437. The fourth-order valence-corrected chi connectivity index (χ4v) is 4.69. The van der Waals surface area contributed by atoms with Gasteiger partial charge in [0.15, 0.2) is 5.82 Å². The number of carbonyl (C=O) groups excluding carboxylic acids is 2. The zero-order valence-electron chi connectivity index (χ0n) is 23.0. The molecule has 0 bridgehead atoms. The average molecular weight is 552 g/mol. The number of morpholine rings is 1. The first-order chi connectivity index (χ1) is 19.2. The summed E-state index contributed by atoms with van der Waals surface area (Å²) in [5, 5.41) is 8.99. The summed E-state index contributed by atoms with van der Waals surface area (Å²) in [6, 6.07) is 8.17. The van der Waals surface area contributed by atoms with E-state index in [1.165, 1.54) is 12.3 Å². The van der Waals surface area contributed by atoms with Crippen LogP contribution in [0.15, 0.2) is 41.1 Å². The third-order valence-corrected chi connectivity index (χ3v) is 6.60. The molecular formula is C27H33N7O6. The number of fused-ring (bicyclic) bond motifs is 1. The SMILES string of the molecule is COCCN1CC(C)(C)Oc2nc(N3CCOCC3C)nc(-c3ccc(NC(=O)Nc4ccon4)cc3)c2C1=O. The predicted octanol–water partition coefficient (Wildman–Crippen LogP) is 3.26. The minimum Gasteiger partial charge on any atom is -0.469 e. The summed E-state index contributed by atoms with van der Waals surface area (Å²) < 4.78 is 22.0. The van der Waals surface area contributed by atoms with Gasteiger partial charge in [-0.1, -0.05) is 17.3 Å². The van der Waals surface area contributed by atoms with Gasteiger partial charge in [0.25, 0.3) is 5.91 Å². The Morgan fingerprint density at radius 1 is 1.18 bits per heavy atom. The molecule has 2 N–H and O–H groups in total. The van der Waals surface area contributed by atoms with Gasteiger partial charge < -0.3 is 33.9 Å². The van der Waals surface area contributed by atoms with Crippen molar-refractivity contribution in [3.05, 3.63) is 42.2 Å². The Kier molecular flexibility index (Phi) is 7.85. The lowest BCUT2D eigenvalue weighted by Crippen LogP contribution is -2.44. The molecule has 0 radical (unpaired) electrons. The molecule has 0 spiro atoms. The second kappa shape index (κ2) is 11.5. The molecule has 40 heavy (non-hydrogen) atoms. The molecule has 0 aliphatic carbocycles. The summed E-state index contributed by atoms with van der Waals surface area (Å²) >= 11 is 0. The number of carbonyl (C=O) groups is 2. The quantitative estimate of drug-likeness (QED) is 0.449. The largest absolute Gasteiger partial charge is 0.469 e. The summed E-state index contributed by atoms with van der Waals surface area (Å²) in [7, 11) is 1.60. The fourth-order valence-electron chi connectivity index (χ4n) is 4.69. The maximum atomic E-state index is 13.9. The molecule has 0 saturated carbocycles. The molecule has 1 atom stereocenters. The number of rotatable bonds is 7. The van der Waals surface area contributed by atoms with Crippen molar-refractivity contribution in [3.8, 4) is 17.1 Å². The lowest BCUT2D eigenvalue weighted by atomic mass is 10.0. The molecule has 1 fully saturated rings. The van der Waals surface area contributed by atoms with Crippen LogP contribution >= 0.6 is 0 Å². The van der Waals surface area contributed by atoms with Crippen molar-refractivity contribution < 1.29 is 28.3 Å². The highest BCUT2D eigenvalue weighted by molar-refractivity contribution is 6.03. The first-order valence-electron chi connectivity index (χ1n) is 13.1. The Balaban J connectivity index is 1.53. The normalized spacial score (nSPS) is 18.5. The third kappa shape index (κ3) is 6.00. The van der Waals surface area contributed by atoms with Crippen molar-refractivity contribution in [2.45, 2.75) is 32.4 Å². The van der Waals surface area contributed by atoms with E-state index >= 15 is 0 Å².